The quantitative estimate of drug-likeness (QED) is 0.835. The van der Waals surface area contributed by atoms with Gasteiger partial charge >= 0.3 is 0 Å². The molecule has 19 heavy (non-hydrogen) atoms. The van der Waals surface area contributed by atoms with E-state index in [0.717, 1.165) is 16.8 Å². The Morgan fingerprint density at radius 1 is 1.26 bits per heavy atom. The zero-order chi connectivity index (χ0) is 14.0. The number of anilines is 2. The fourth-order valence-electron chi connectivity index (χ4n) is 1.75. The highest BCUT2D eigenvalue weighted by atomic mass is 35.5. The van der Waals surface area contributed by atoms with Crippen molar-refractivity contribution < 1.29 is 4.39 Å². The summed E-state index contributed by atoms with van der Waals surface area (Å²) in [4.78, 5) is 0.286. The van der Waals surface area contributed by atoms with E-state index in [1.807, 2.05) is 25.1 Å². The molecule has 5 heteroatoms. The normalized spacial score (nSPS) is 10.3. The fraction of sp³-hybridized carbons (Fsp3) is 0.0714. The molecule has 3 N–H and O–H groups in total. The van der Waals surface area contributed by atoms with Crippen LogP contribution in [0.25, 0.3) is 0 Å². The summed E-state index contributed by atoms with van der Waals surface area (Å²) in [6.07, 6.45) is 0. The molecular weight excluding hydrogens is 283 g/mol. The standard InChI is InChI=1S/C14H12ClFN2S/c1-8-2-3-13(12(4-8)14(17)19)18-11-6-9(15)5-10(16)7-11/h2-7,18H,1H3,(H2,17,19). The van der Waals surface area contributed by atoms with Crippen molar-refractivity contribution in [2.75, 3.05) is 5.32 Å². The number of nitrogens with one attached hydrogen (secondary N) is 1. The second-order valence-electron chi connectivity index (χ2n) is 4.20. The summed E-state index contributed by atoms with van der Waals surface area (Å²) in [5.74, 6) is -0.404. The summed E-state index contributed by atoms with van der Waals surface area (Å²) in [5.41, 5.74) is 8.72. The van der Waals surface area contributed by atoms with Gasteiger partial charge in [0.15, 0.2) is 0 Å². The van der Waals surface area contributed by atoms with Crippen molar-refractivity contribution in [1.82, 2.24) is 0 Å². The highest BCUT2D eigenvalue weighted by Gasteiger charge is 2.07. The van der Waals surface area contributed by atoms with Gasteiger partial charge in [0.1, 0.15) is 10.8 Å². The van der Waals surface area contributed by atoms with Gasteiger partial charge in [-0.3, -0.25) is 0 Å². The van der Waals surface area contributed by atoms with Gasteiger partial charge in [-0.15, -0.1) is 0 Å². The van der Waals surface area contributed by atoms with E-state index in [2.05, 4.69) is 5.32 Å². The van der Waals surface area contributed by atoms with Crippen LogP contribution in [0.4, 0.5) is 15.8 Å². The monoisotopic (exact) mass is 294 g/mol. The van der Waals surface area contributed by atoms with Crippen LogP contribution in [0.3, 0.4) is 0 Å². The van der Waals surface area contributed by atoms with Crippen LogP contribution in [0.15, 0.2) is 36.4 Å². The van der Waals surface area contributed by atoms with Crippen molar-refractivity contribution in [3.8, 4) is 0 Å². The molecule has 2 rings (SSSR count). The number of hydrogen-bond acceptors (Lipinski definition) is 2. The summed E-state index contributed by atoms with van der Waals surface area (Å²) in [6, 6.07) is 9.89. The summed E-state index contributed by atoms with van der Waals surface area (Å²) in [6.45, 7) is 1.95. The van der Waals surface area contributed by atoms with E-state index in [1.165, 1.54) is 12.1 Å². The van der Waals surface area contributed by atoms with Gasteiger partial charge < -0.3 is 11.1 Å². The molecule has 0 aromatic heterocycles. The minimum absolute atomic E-state index is 0.286. The van der Waals surface area contributed by atoms with E-state index < -0.39 is 5.82 Å². The lowest BCUT2D eigenvalue weighted by molar-refractivity contribution is 0.628. The molecule has 0 aliphatic heterocycles. The van der Waals surface area contributed by atoms with Crippen molar-refractivity contribution in [1.29, 1.82) is 0 Å². The number of halogens is 2. The zero-order valence-electron chi connectivity index (χ0n) is 10.2. The van der Waals surface area contributed by atoms with Crippen LogP contribution in [0.2, 0.25) is 5.02 Å². The first kappa shape index (κ1) is 13.8. The average Bonchev–Trinajstić information content (AvgIpc) is 2.30. The first-order chi connectivity index (χ1) is 8.95. The molecule has 0 aliphatic rings. The highest BCUT2D eigenvalue weighted by Crippen LogP contribution is 2.25. The molecule has 0 fully saturated rings. The van der Waals surface area contributed by atoms with Gasteiger partial charge in [0, 0.05) is 22.0 Å². The maximum absolute atomic E-state index is 13.3. The predicted octanol–water partition coefficient (Wildman–Crippen LogP) is 4.17. The molecule has 0 unspecified atom stereocenters. The third kappa shape index (κ3) is 3.43. The van der Waals surface area contributed by atoms with Crippen LogP contribution < -0.4 is 11.1 Å². The summed E-state index contributed by atoms with van der Waals surface area (Å²) in [7, 11) is 0. The third-order valence-corrected chi connectivity index (χ3v) is 3.02. The van der Waals surface area contributed by atoms with E-state index in [0.29, 0.717) is 10.7 Å². The lowest BCUT2D eigenvalue weighted by atomic mass is 10.1. The van der Waals surface area contributed by atoms with Gasteiger partial charge in [-0.05, 0) is 37.3 Å². The van der Waals surface area contributed by atoms with Crippen LogP contribution in [-0.4, -0.2) is 4.99 Å². The second kappa shape index (κ2) is 5.55. The van der Waals surface area contributed by atoms with E-state index in [4.69, 9.17) is 29.6 Å². The molecular formula is C14H12ClFN2S. The Balaban J connectivity index is 2.40. The first-order valence-electron chi connectivity index (χ1n) is 5.59. The largest absolute Gasteiger partial charge is 0.389 e. The molecule has 0 heterocycles. The molecule has 0 radical (unpaired) electrons. The van der Waals surface area contributed by atoms with Crippen LogP contribution in [0.1, 0.15) is 11.1 Å². The lowest BCUT2D eigenvalue weighted by Crippen LogP contribution is -2.12. The molecule has 2 aromatic rings. The molecule has 2 nitrogen and oxygen atoms in total. The van der Waals surface area contributed by atoms with Gasteiger partial charge in [-0.25, -0.2) is 4.39 Å². The lowest BCUT2D eigenvalue weighted by Gasteiger charge is -2.12. The molecule has 0 saturated heterocycles. The Labute approximate surface area is 121 Å². The van der Waals surface area contributed by atoms with Crippen molar-refractivity contribution in [2.45, 2.75) is 6.92 Å². The predicted molar refractivity (Wildman–Crippen MR) is 81.8 cm³/mol. The SMILES string of the molecule is Cc1ccc(Nc2cc(F)cc(Cl)c2)c(C(N)=S)c1. The van der Waals surface area contributed by atoms with Gasteiger partial charge in [-0.1, -0.05) is 35.4 Å². The number of aryl methyl sites for hydroxylation is 1. The van der Waals surface area contributed by atoms with Crippen molar-refractivity contribution in [2.24, 2.45) is 5.73 Å². The topological polar surface area (TPSA) is 38.0 Å². The Morgan fingerprint density at radius 3 is 2.63 bits per heavy atom. The number of thiocarbonyl (C=S) groups is 1. The van der Waals surface area contributed by atoms with Gasteiger partial charge in [-0.2, -0.15) is 0 Å². The minimum Gasteiger partial charge on any atom is -0.389 e. The third-order valence-electron chi connectivity index (χ3n) is 2.58. The van der Waals surface area contributed by atoms with Crippen molar-refractivity contribution in [3.63, 3.8) is 0 Å². The summed E-state index contributed by atoms with van der Waals surface area (Å²) >= 11 is 10.8. The van der Waals surface area contributed by atoms with E-state index in [1.54, 1.807) is 6.07 Å². The van der Waals surface area contributed by atoms with Crippen LogP contribution >= 0.6 is 23.8 Å². The summed E-state index contributed by atoms with van der Waals surface area (Å²) < 4.78 is 13.3. The number of nitrogens with two attached hydrogens (primary N) is 1. The van der Waals surface area contributed by atoms with Crippen LogP contribution in [0, 0.1) is 12.7 Å². The summed E-state index contributed by atoms with van der Waals surface area (Å²) in [5, 5.41) is 3.40. The van der Waals surface area contributed by atoms with Gasteiger partial charge in [0.25, 0.3) is 0 Å². The number of hydrogen-bond donors (Lipinski definition) is 2. The van der Waals surface area contributed by atoms with Crippen LogP contribution in [-0.2, 0) is 0 Å². The zero-order valence-corrected chi connectivity index (χ0v) is 11.8. The Bertz CT molecular complexity index is 623. The molecule has 0 spiro atoms. The van der Waals surface area contributed by atoms with Crippen molar-refractivity contribution in [3.05, 3.63) is 58.4 Å². The maximum atomic E-state index is 13.3. The van der Waals surface area contributed by atoms with Gasteiger partial charge in [0.2, 0.25) is 0 Å². The average molecular weight is 295 g/mol. The van der Waals surface area contributed by atoms with E-state index in [-0.39, 0.29) is 4.99 Å². The molecule has 2 aromatic carbocycles. The minimum atomic E-state index is -0.404. The molecule has 0 atom stereocenters. The van der Waals surface area contributed by atoms with Gasteiger partial charge in [0.05, 0.1) is 0 Å². The molecule has 0 saturated carbocycles. The second-order valence-corrected chi connectivity index (χ2v) is 5.07. The first-order valence-corrected chi connectivity index (χ1v) is 6.38. The number of benzene rings is 2. The maximum Gasteiger partial charge on any atom is 0.126 e. The highest BCUT2D eigenvalue weighted by molar-refractivity contribution is 7.80. The molecule has 0 amide bonds. The Morgan fingerprint density at radius 2 is 2.00 bits per heavy atom. The Kier molecular flexibility index (Phi) is 4.02. The molecule has 0 bridgehead atoms. The molecule has 98 valence electrons. The molecule has 0 aliphatic carbocycles. The Hall–Kier alpha value is -1.65. The van der Waals surface area contributed by atoms with E-state index in [9.17, 15) is 4.39 Å². The smallest absolute Gasteiger partial charge is 0.126 e. The van der Waals surface area contributed by atoms with Crippen LogP contribution in [0.5, 0.6) is 0 Å². The van der Waals surface area contributed by atoms with Crippen molar-refractivity contribution >= 4 is 40.2 Å². The fourth-order valence-corrected chi connectivity index (χ4v) is 2.14. The van der Waals surface area contributed by atoms with E-state index >= 15 is 0 Å². The number of rotatable bonds is 3.